The van der Waals surface area contributed by atoms with E-state index in [4.69, 9.17) is 10.00 Å². The van der Waals surface area contributed by atoms with Crippen LogP contribution in [0.25, 0.3) is 0 Å². The number of benzene rings is 1. The van der Waals surface area contributed by atoms with E-state index in [2.05, 4.69) is 15.9 Å². The van der Waals surface area contributed by atoms with Crippen LogP contribution >= 0.6 is 15.9 Å². The third-order valence-corrected chi connectivity index (χ3v) is 2.66. The summed E-state index contributed by atoms with van der Waals surface area (Å²) in [4.78, 5) is 0. The van der Waals surface area contributed by atoms with E-state index in [0.717, 1.165) is 6.07 Å². The maximum Gasteiger partial charge on any atom is 0.147 e. The molecule has 0 radical (unpaired) electrons. The van der Waals surface area contributed by atoms with E-state index in [0.29, 0.717) is 0 Å². The van der Waals surface area contributed by atoms with Crippen LogP contribution in [0.2, 0.25) is 0 Å². The van der Waals surface area contributed by atoms with Gasteiger partial charge in [-0.3, -0.25) is 0 Å². The molecule has 0 amide bonds. The number of halogens is 3. The fourth-order valence-corrected chi connectivity index (χ4v) is 1.56. The molecular formula is C10H8BrF2NO. The number of methoxy groups -OCH3 is 1. The summed E-state index contributed by atoms with van der Waals surface area (Å²) < 4.78 is 31.3. The molecule has 5 heteroatoms. The minimum absolute atomic E-state index is 0.128. The van der Waals surface area contributed by atoms with Crippen molar-refractivity contribution in [1.29, 1.82) is 5.26 Å². The highest BCUT2D eigenvalue weighted by Crippen LogP contribution is 2.31. The minimum Gasteiger partial charge on any atom is -0.496 e. The van der Waals surface area contributed by atoms with Crippen LogP contribution in [0.3, 0.4) is 0 Å². The summed E-state index contributed by atoms with van der Waals surface area (Å²) in [6.45, 7) is 0. The summed E-state index contributed by atoms with van der Waals surface area (Å²) in [5, 5.41) is 8.41. The van der Waals surface area contributed by atoms with Crippen LogP contribution in [0.15, 0.2) is 10.5 Å². The topological polar surface area (TPSA) is 33.0 Å². The van der Waals surface area contributed by atoms with Gasteiger partial charge in [0.15, 0.2) is 0 Å². The lowest BCUT2D eigenvalue weighted by Gasteiger charge is -2.10. The molecule has 0 unspecified atom stereocenters. The zero-order chi connectivity index (χ0) is 11.4. The number of rotatable bonds is 3. The molecular weight excluding hydrogens is 268 g/mol. The molecule has 0 N–H and O–H groups in total. The lowest BCUT2D eigenvalue weighted by atomic mass is 10.1. The van der Waals surface area contributed by atoms with Gasteiger partial charge in [-0.05, 0) is 22.4 Å². The first-order chi connectivity index (χ1) is 7.11. The second kappa shape index (κ2) is 5.08. The lowest BCUT2D eigenvalue weighted by Crippen LogP contribution is -1.99. The molecule has 0 aliphatic heterocycles. The Morgan fingerprint density at radius 1 is 1.53 bits per heavy atom. The van der Waals surface area contributed by atoms with Crippen LogP contribution in [-0.2, 0) is 6.42 Å². The Bertz CT molecular complexity index is 415. The Hall–Kier alpha value is -1.15. The van der Waals surface area contributed by atoms with Crippen molar-refractivity contribution in [1.82, 2.24) is 0 Å². The summed E-state index contributed by atoms with van der Waals surface area (Å²) in [5.41, 5.74) is 0.215. The third-order valence-electron chi connectivity index (χ3n) is 1.93. The average Bonchev–Trinajstić information content (AvgIpc) is 2.24. The molecule has 0 atom stereocenters. The van der Waals surface area contributed by atoms with E-state index in [1.165, 1.54) is 7.11 Å². The van der Waals surface area contributed by atoms with Crippen molar-refractivity contribution in [2.45, 2.75) is 12.8 Å². The van der Waals surface area contributed by atoms with Gasteiger partial charge in [0.25, 0.3) is 0 Å². The summed E-state index contributed by atoms with van der Waals surface area (Å²) in [6, 6.07) is 2.99. The van der Waals surface area contributed by atoms with Crippen LogP contribution in [0.1, 0.15) is 12.0 Å². The molecule has 0 aliphatic rings. The maximum atomic E-state index is 13.6. The zero-order valence-corrected chi connectivity index (χ0v) is 9.57. The second-order valence-corrected chi connectivity index (χ2v) is 3.62. The highest BCUT2D eigenvalue weighted by Gasteiger charge is 2.16. The summed E-state index contributed by atoms with van der Waals surface area (Å²) >= 11 is 2.80. The van der Waals surface area contributed by atoms with Gasteiger partial charge in [0.1, 0.15) is 17.4 Å². The van der Waals surface area contributed by atoms with Gasteiger partial charge in [-0.1, -0.05) is 0 Å². The van der Waals surface area contributed by atoms with Crippen molar-refractivity contribution in [2.75, 3.05) is 7.11 Å². The normalized spacial score (nSPS) is 9.80. The Labute approximate surface area is 94.6 Å². The second-order valence-electron chi connectivity index (χ2n) is 2.83. The maximum absolute atomic E-state index is 13.6. The largest absolute Gasteiger partial charge is 0.496 e. The molecule has 0 spiro atoms. The van der Waals surface area contributed by atoms with Crippen LogP contribution in [0, 0.1) is 23.0 Å². The van der Waals surface area contributed by atoms with E-state index in [1.54, 1.807) is 0 Å². The third kappa shape index (κ3) is 2.45. The first kappa shape index (κ1) is 11.9. The first-order valence-electron chi connectivity index (χ1n) is 4.19. The number of nitriles is 1. The van der Waals surface area contributed by atoms with Crippen LogP contribution in [0.4, 0.5) is 8.78 Å². The predicted octanol–water partition coefficient (Wildman–Crippen LogP) is 3.19. The highest BCUT2D eigenvalue weighted by atomic mass is 79.9. The fourth-order valence-electron chi connectivity index (χ4n) is 1.21. The molecule has 0 aromatic heterocycles. The smallest absolute Gasteiger partial charge is 0.147 e. The van der Waals surface area contributed by atoms with Crippen molar-refractivity contribution < 1.29 is 13.5 Å². The first-order valence-corrected chi connectivity index (χ1v) is 4.98. The molecule has 80 valence electrons. The fraction of sp³-hybridized carbons (Fsp3) is 0.300. The predicted molar refractivity (Wildman–Crippen MR) is 54.5 cm³/mol. The van der Waals surface area contributed by atoms with E-state index in [9.17, 15) is 8.78 Å². The molecule has 2 nitrogen and oxygen atoms in total. The molecule has 1 aromatic carbocycles. The van der Waals surface area contributed by atoms with Gasteiger partial charge in [-0.2, -0.15) is 5.26 Å². The lowest BCUT2D eigenvalue weighted by molar-refractivity contribution is 0.398. The molecule has 0 saturated carbocycles. The number of ether oxygens (including phenoxy) is 1. The van der Waals surface area contributed by atoms with Crippen molar-refractivity contribution >= 4 is 15.9 Å². The molecule has 1 aromatic rings. The molecule has 1 rings (SSSR count). The Morgan fingerprint density at radius 3 is 2.73 bits per heavy atom. The molecule has 15 heavy (non-hydrogen) atoms. The van der Waals surface area contributed by atoms with Gasteiger partial charge >= 0.3 is 0 Å². The molecule has 0 bridgehead atoms. The molecule has 0 aliphatic carbocycles. The van der Waals surface area contributed by atoms with Crippen molar-refractivity contribution in [3.05, 3.63) is 27.7 Å². The van der Waals surface area contributed by atoms with Crippen molar-refractivity contribution in [2.24, 2.45) is 0 Å². The summed E-state index contributed by atoms with van der Waals surface area (Å²) in [6.07, 6.45) is 0.357. The number of hydrogen-bond donors (Lipinski definition) is 0. The monoisotopic (exact) mass is 275 g/mol. The van der Waals surface area contributed by atoms with E-state index in [-0.39, 0.29) is 28.6 Å². The zero-order valence-electron chi connectivity index (χ0n) is 7.98. The SMILES string of the molecule is COc1cc(F)c(Br)c(F)c1CCC#N. The summed E-state index contributed by atoms with van der Waals surface area (Å²) in [5.74, 6) is -1.30. The van der Waals surface area contributed by atoms with E-state index >= 15 is 0 Å². The average molecular weight is 276 g/mol. The van der Waals surface area contributed by atoms with E-state index in [1.807, 2.05) is 6.07 Å². The van der Waals surface area contributed by atoms with Gasteiger partial charge in [-0.15, -0.1) is 0 Å². The standard InChI is InChI=1S/C10H8BrF2NO/c1-15-8-5-7(12)9(11)10(13)6(8)3-2-4-14/h5H,2-3H2,1H3. The van der Waals surface area contributed by atoms with Crippen LogP contribution in [-0.4, -0.2) is 7.11 Å². The molecule has 0 saturated heterocycles. The minimum atomic E-state index is -0.718. The van der Waals surface area contributed by atoms with Gasteiger partial charge in [0.2, 0.25) is 0 Å². The van der Waals surface area contributed by atoms with E-state index < -0.39 is 11.6 Å². The molecule has 0 heterocycles. The van der Waals surface area contributed by atoms with Gasteiger partial charge in [-0.25, -0.2) is 8.78 Å². The number of hydrogen-bond acceptors (Lipinski definition) is 2. The van der Waals surface area contributed by atoms with Crippen molar-refractivity contribution in [3.63, 3.8) is 0 Å². The molecule has 0 fully saturated rings. The highest BCUT2D eigenvalue weighted by molar-refractivity contribution is 9.10. The summed E-state index contributed by atoms with van der Waals surface area (Å²) in [7, 11) is 1.33. The number of nitrogens with zero attached hydrogens (tertiary/aromatic N) is 1. The van der Waals surface area contributed by atoms with Gasteiger partial charge in [0.05, 0.1) is 17.7 Å². The van der Waals surface area contributed by atoms with Crippen LogP contribution in [0.5, 0.6) is 5.75 Å². The van der Waals surface area contributed by atoms with Gasteiger partial charge < -0.3 is 4.74 Å². The van der Waals surface area contributed by atoms with Crippen LogP contribution < -0.4 is 4.74 Å². The quantitative estimate of drug-likeness (QED) is 0.794. The Morgan fingerprint density at radius 2 is 2.20 bits per heavy atom. The van der Waals surface area contributed by atoms with Gasteiger partial charge in [0, 0.05) is 18.1 Å². The Kier molecular flexibility index (Phi) is 4.04. The Balaban J connectivity index is 3.22. The van der Waals surface area contributed by atoms with Crippen molar-refractivity contribution in [3.8, 4) is 11.8 Å².